The minimum Gasteiger partial charge on any atom is -0.342 e. The van der Waals surface area contributed by atoms with E-state index in [-0.39, 0.29) is 0 Å². The molecule has 0 spiro atoms. The highest BCUT2D eigenvalue weighted by Crippen LogP contribution is 2.21. The van der Waals surface area contributed by atoms with Crippen molar-refractivity contribution in [2.75, 3.05) is 13.1 Å². The van der Waals surface area contributed by atoms with Gasteiger partial charge in [0, 0.05) is 19.5 Å². The van der Waals surface area contributed by atoms with Crippen LogP contribution in [0.15, 0.2) is 0 Å². The summed E-state index contributed by atoms with van der Waals surface area (Å²) in [4.78, 5) is 14.1. The van der Waals surface area contributed by atoms with Crippen molar-refractivity contribution in [2.45, 2.75) is 65.7 Å². The molecule has 1 rings (SSSR count). The Morgan fingerprint density at radius 2 is 1.65 bits per heavy atom. The van der Waals surface area contributed by atoms with E-state index < -0.39 is 0 Å². The standard InChI is InChI=1S/C15H29NO/c1-4-5-6-7-8-9-15(17)16-11-13(2)10-14(3)12-16/h13-14H,4-12H2,1-3H3/t13-,14+. The second-order valence-electron chi connectivity index (χ2n) is 5.91. The van der Waals surface area contributed by atoms with Gasteiger partial charge in [-0.1, -0.05) is 46.5 Å². The zero-order valence-corrected chi connectivity index (χ0v) is 11.9. The zero-order chi connectivity index (χ0) is 12.7. The maximum absolute atomic E-state index is 12.0. The number of hydrogen-bond donors (Lipinski definition) is 0. The van der Waals surface area contributed by atoms with Crippen molar-refractivity contribution < 1.29 is 4.79 Å². The fourth-order valence-electron chi connectivity index (χ4n) is 2.90. The predicted octanol–water partition coefficient (Wildman–Crippen LogP) is 3.85. The van der Waals surface area contributed by atoms with E-state index in [9.17, 15) is 4.79 Å². The van der Waals surface area contributed by atoms with Gasteiger partial charge in [-0.05, 0) is 24.7 Å². The SMILES string of the molecule is CCCCCCCC(=O)N1C[C@H](C)C[C@H](C)C1. The summed E-state index contributed by atoms with van der Waals surface area (Å²) in [6.45, 7) is 8.71. The number of hydrogen-bond acceptors (Lipinski definition) is 1. The Hall–Kier alpha value is -0.530. The third-order valence-corrected chi connectivity index (χ3v) is 3.72. The van der Waals surface area contributed by atoms with E-state index in [1.165, 1.54) is 32.1 Å². The molecule has 17 heavy (non-hydrogen) atoms. The van der Waals surface area contributed by atoms with E-state index in [1.54, 1.807) is 0 Å². The molecule has 100 valence electrons. The van der Waals surface area contributed by atoms with Gasteiger partial charge in [-0.3, -0.25) is 4.79 Å². The molecule has 2 nitrogen and oxygen atoms in total. The second kappa shape index (κ2) is 7.73. The monoisotopic (exact) mass is 239 g/mol. The van der Waals surface area contributed by atoms with Crippen LogP contribution in [0, 0.1) is 11.8 Å². The molecule has 0 aliphatic carbocycles. The molecule has 0 aromatic carbocycles. The Bertz CT molecular complexity index is 217. The molecule has 0 unspecified atom stereocenters. The van der Waals surface area contributed by atoms with Gasteiger partial charge >= 0.3 is 0 Å². The van der Waals surface area contributed by atoms with Crippen LogP contribution in [0.1, 0.15) is 65.7 Å². The number of rotatable bonds is 6. The maximum Gasteiger partial charge on any atom is 0.222 e. The Kier molecular flexibility index (Phi) is 6.61. The molecule has 0 aromatic heterocycles. The first kappa shape index (κ1) is 14.5. The topological polar surface area (TPSA) is 20.3 Å². The van der Waals surface area contributed by atoms with E-state index in [1.807, 2.05) is 0 Å². The van der Waals surface area contributed by atoms with Gasteiger partial charge in [-0.15, -0.1) is 0 Å². The third-order valence-electron chi connectivity index (χ3n) is 3.72. The van der Waals surface area contributed by atoms with Crippen LogP contribution in [-0.4, -0.2) is 23.9 Å². The molecule has 1 amide bonds. The van der Waals surface area contributed by atoms with Crippen LogP contribution in [0.5, 0.6) is 0 Å². The minimum absolute atomic E-state index is 0.389. The van der Waals surface area contributed by atoms with E-state index in [2.05, 4.69) is 25.7 Å². The lowest BCUT2D eigenvalue weighted by atomic mass is 9.91. The predicted molar refractivity (Wildman–Crippen MR) is 72.9 cm³/mol. The lowest BCUT2D eigenvalue weighted by Gasteiger charge is -2.35. The second-order valence-corrected chi connectivity index (χ2v) is 5.91. The van der Waals surface area contributed by atoms with E-state index in [0.29, 0.717) is 17.7 Å². The maximum atomic E-state index is 12.0. The molecule has 1 aliphatic rings. The molecule has 1 heterocycles. The summed E-state index contributed by atoms with van der Waals surface area (Å²) >= 11 is 0. The van der Waals surface area contributed by atoms with Gasteiger partial charge in [0.25, 0.3) is 0 Å². The summed E-state index contributed by atoms with van der Waals surface area (Å²) in [5.74, 6) is 1.76. The number of likely N-dealkylation sites (tertiary alicyclic amines) is 1. The average Bonchev–Trinajstić information content (AvgIpc) is 2.27. The van der Waals surface area contributed by atoms with Crippen LogP contribution in [0.25, 0.3) is 0 Å². The first-order chi connectivity index (χ1) is 8.13. The smallest absolute Gasteiger partial charge is 0.222 e. The van der Waals surface area contributed by atoms with Crippen molar-refractivity contribution >= 4 is 5.91 Å². The van der Waals surface area contributed by atoms with Gasteiger partial charge in [0.1, 0.15) is 0 Å². The summed E-state index contributed by atoms with van der Waals surface area (Å²) in [5.41, 5.74) is 0. The van der Waals surface area contributed by atoms with Crippen molar-refractivity contribution in [1.29, 1.82) is 0 Å². The van der Waals surface area contributed by atoms with Crippen molar-refractivity contribution in [3.05, 3.63) is 0 Å². The number of nitrogens with zero attached hydrogens (tertiary/aromatic N) is 1. The van der Waals surface area contributed by atoms with Gasteiger partial charge in [0.15, 0.2) is 0 Å². The van der Waals surface area contributed by atoms with E-state index >= 15 is 0 Å². The highest BCUT2D eigenvalue weighted by atomic mass is 16.2. The molecule has 1 saturated heterocycles. The van der Waals surface area contributed by atoms with Crippen LogP contribution in [0.2, 0.25) is 0 Å². The lowest BCUT2D eigenvalue weighted by Crippen LogP contribution is -2.42. The van der Waals surface area contributed by atoms with Crippen molar-refractivity contribution in [1.82, 2.24) is 4.90 Å². The molecule has 2 atom stereocenters. The Labute approximate surface area is 107 Å². The fourth-order valence-corrected chi connectivity index (χ4v) is 2.90. The van der Waals surface area contributed by atoms with Crippen molar-refractivity contribution in [3.8, 4) is 0 Å². The first-order valence-corrected chi connectivity index (χ1v) is 7.41. The minimum atomic E-state index is 0.389. The van der Waals surface area contributed by atoms with Gasteiger partial charge in [-0.2, -0.15) is 0 Å². The largest absolute Gasteiger partial charge is 0.342 e. The van der Waals surface area contributed by atoms with Gasteiger partial charge in [0.05, 0.1) is 0 Å². The highest BCUT2D eigenvalue weighted by molar-refractivity contribution is 5.76. The average molecular weight is 239 g/mol. The fraction of sp³-hybridized carbons (Fsp3) is 0.933. The molecule has 0 N–H and O–H groups in total. The Morgan fingerprint density at radius 3 is 2.24 bits per heavy atom. The lowest BCUT2D eigenvalue weighted by molar-refractivity contribution is -0.134. The molecule has 1 aliphatic heterocycles. The molecule has 0 bridgehead atoms. The van der Waals surface area contributed by atoms with Crippen molar-refractivity contribution in [3.63, 3.8) is 0 Å². The summed E-state index contributed by atoms with van der Waals surface area (Å²) < 4.78 is 0. The number of piperidine rings is 1. The number of carbonyl (C=O) groups excluding carboxylic acids is 1. The summed E-state index contributed by atoms with van der Waals surface area (Å²) in [7, 11) is 0. The quantitative estimate of drug-likeness (QED) is 0.645. The Morgan fingerprint density at radius 1 is 1.06 bits per heavy atom. The number of unbranched alkanes of at least 4 members (excludes halogenated alkanes) is 4. The van der Waals surface area contributed by atoms with Crippen LogP contribution >= 0.6 is 0 Å². The summed E-state index contributed by atoms with van der Waals surface area (Å²) in [5, 5.41) is 0. The number of carbonyl (C=O) groups is 1. The van der Waals surface area contributed by atoms with Crippen LogP contribution < -0.4 is 0 Å². The summed E-state index contributed by atoms with van der Waals surface area (Å²) in [6, 6.07) is 0. The molecule has 2 heteroatoms. The molecule has 0 aromatic rings. The molecule has 0 radical (unpaired) electrons. The first-order valence-electron chi connectivity index (χ1n) is 7.41. The highest BCUT2D eigenvalue weighted by Gasteiger charge is 2.24. The summed E-state index contributed by atoms with van der Waals surface area (Å²) in [6.07, 6.45) is 8.22. The van der Waals surface area contributed by atoms with E-state index in [4.69, 9.17) is 0 Å². The van der Waals surface area contributed by atoms with Crippen LogP contribution in [0.4, 0.5) is 0 Å². The molecular formula is C15H29NO. The third kappa shape index (κ3) is 5.56. The van der Waals surface area contributed by atoms with Gasteiger partial charge < -0.3 is 4.90 Å². The molecule has 0 saturated carbocycles. The zero-order valence-electron chi connectivity index (χ0n) is 11.9. The molecular weight excluding hydrogens is 210 g/mol. The Balaban J connectivity index is 2.18. The van der Waals surface area contributed by atoms with Crippen LogP contribution in [-0.2, 0) is 4.79 Å². The number of amides is 1. The van der Waals surface area contributed by atoms with Gasteiger partial charge in [0.2, 0.25) is 5.91 Å². The van der Waals surface area contributed by atoms with E-state index in [0.717, 1.165) is 25.9 Å². The van der Waals surface area contributed by atoms with Crippen molar-refractivity contribution in [2.24, 2.45) is 11.8 Å². The molecule has 1 fully saturated rings. The van der Waals surface area contributed by atoms with Crippen LogP contribution in [0.3, 0.4) is 0 Å². The normalized spacial score (nSPS) is 25.0. The van der Waals surface area contributed by atoms with Gasteiger partial charge in [-0.25, -0.2) is 0 Å².